The Balaban J connectivity index is 1.62. The smallest absolute Gasteiger partial charge is 0.308 e. The summed E-state index contributed by atoms with van der Waals surface area (Å²) in [6.45, 7) is 8.79. The van der Waals surface area contributed by atoms with Gasteiger partial charge in [-0.2, -0.15) is 0 Å². The Kier molecular flexibility index (Phi) is 10.0. The lowest BCUT2D eigenvalue weighted by Gasteiger charge is -2.31. The lowest BCUT2D eigenvalue weighted by molar-refractivity contribution is -0.144. The molecule has 0 aromatic heterocycles. The highest BCUT2D eigenvalue weighted by Gasteiger charge is 2.48. The highest BCUT2D eigenvalue weighted by atomic mass is 16.7. The van der Waals surface area contributed by atoms with Crippen molar-refractivity contribution in [1.29, 1.82) is 0 Å². The van der Waals surface area contributed by atoms with Gasteiger partial charge in [0.25, 0.3) is 0 Å². The standard InChI is InChI=1S/C30H45N3O8/c1-5-6-9-31(10-7-12-34)26(36)17-33-16-21(20-13-23(39-4)28-24(14-20)40-19-41-28)27(29(37)38)22(33)8-11-32-18-30(2,3)15-25(32)35/h13-14,21-22,27,34H,5-12,15-19H2,1-4H3,(H,37,38). The van der Waals surface area contributed by atoms with Crippen molar-refractivity contribution in [2.24, 2.45) is 11.3 Å². The summed E-state index contributed by atoms with van der Waals surface area (Å²) < 4.78 is 16.7. The molecule has 11 heteroatoms. The number of amides is 2. The summed E-state index contributed by atoms with van der Waals surface area (Å²) in [5.74, 6) is -0.698. The summed E-state index contributed by atoms with van der Waals surface area (Å²) in [5.41, 5.74) is 0.632. The molecule has 1 aromatic carbocycles. The van der Waals surface area contributed by atoms with Gasteiger partial charge >= 0.3 is 5.97 Å². The molecule has 3 heterocycles. The van der Waals surface area contributed by atoms with Crippen molar-refractivity contribution in [3.05, 3.63) is 17.7 Å². The molecular weight excluding hydrogens is 530 g/mol. The number of likely N-dealkylation sites (tertiary alicyclic amines) is 2. The summed E-state index contributed by atoms with van der Waals surface area (Å²) in [7, 11) is 1.53. The molecule has 0 radical (unpaired) electrons. The van der Waals surface area contributed by atoms with Crippen LogP contribution in [0.5, 0.6) is 17.2 Å². The lowest BCUT2D eigenvalue weighted by atomic mass is 9.84. The van der Waals surface area contributed by atoms with Crippen LogP contribution in [0.25, 0.3) is 0 Å². The van der Waals surface area contributed by atoms with Gasteiger partial charge < -0.3 is 34.2 Å². The number of carbonyl (C=O) groups excluding carboxylic acids is 2. The van der Waals surface area contributed by atoms with E-state index in [-0.39, 0.29) is 37.2 Å². The highest BCUT2D eigenvalue weighted by molar-refractivity contribution is 5.80. The summed E-state index contributed by atoms with van der Waals surface area (Å²) in [6, 6.07) is 3.16. The highest BCUT2D eigenvalue weighted by Crippen LogP contribution is 2.47. The first kappa shape index (κ1) is 30.9. The summed E-state index contributed by atoms with van der Waals surface area (Å²) in [4.78, 5) is 44.7. The minimum absolute atomic E-state index is 0.00242. The first-order valence-electron chi connectivity index (χ1n) is 14.7. The first-order valence-corrected chi connectivity index (χ1v) is 14.7. The zero-order chi connectivity index (χ0) is 29.7. The van der Waals surface area contributed by atoms with Crippen LogP contribution in [0.15, 0.2) is 12.1 Å². The van der Waals surface area contributed by atoms with E-state index in [1.807, 2.05) is 15.9 Å². The molecule has 41 heavy (non-hydrogen) atoms. The van der Waals surface area contributed by atoms with Crippen LogP contribution >= 0.6 is 0 Å². The number of benzene rings is 1. The normalized spacial score (nSPS) is 23.3. The largest absolute Gasteiger partial charge is 0.493 e. The molecule has 4 rings (SSSR count). The SMILES string of the molecule is CCCCN(CCCO)C(=O)CN1CC(c2cc(OC)c3c(c2)OCO3)C(C(=O)O)C1CCN1CC(C)(C)CC1=O. The number of aliphatic carboxylic acids is 1. The van der Waals surface area contributed by atoms with Gasteiger partial charge in [-0.05, 0) is 42.4 Å². The predicted octanol–water partition coefficient (Wildman–Crippen LogP) is 2.55. The fourth-order valence-corrected chi connectivity index (χ4v) is 6.47. The number of ether oxygens (including phenoxy) is 3. The Labute approximate surface area is 242 Å². The van der Waals surface area contributed by atoms with Crippen molar-refractivity contribution in [2.75, 3.05) is 59.8 Å². The predicted molar refractivity (Wildman–Crippen MR) is 151 cm³/mol. The van der Waals surface area contributed by atoms with Crippen LogP contribution in [-0.2, 0) is 14.4 Å². The lowest BCUT2D eigenvalue weighted by Crippen LogP contribution is -2.46. The van der Waals surface area contributed by atoms with Gasteiger partial charge in [0.05, 0.1) is 19.6 Å². The number of aliphatic hydroxyl groups is 1. The van der Waals surface area contributed by atoms with E-state index in [0.717, 1.165) is 18.4 Å². The number of hydrogen-bond donors (Lipinski definition) is 2. The van der Waals surface area contributed by atoms with E-state index in [1.165, 1.54) is 7.11 Å². The molecule has 0 spiro atoms. The third-order valence-corrected chi connectivity index (χ3v) is 8.50. The van der Waals surface area contributed by atoms with E-state index in [1.54, 1.807) is 11.0 Å². The third kappa shape index (κ3) is 7.06. The fourth-order valence-electron chi connectivity index (χ4n) is 6.47. The molecule has 2 saturated heterocycles. The van der Waals surface area contributed by atoms with Crippen LogP contribution in [0.4, 0.5) is 0 Å². The Hall–Kier alpha value is -3.05. The second-order valence-electron chi connectivity index (χ2n) is 12.2. The number of hydrogen-bond acceptors (Lipinski definition) is 8. The van der Waals surface area contributed by atoms with E-state index in [9.17, 15) is 24.6 Å². The van der Waals surface area contributed by atoms with Crippen molar-refractivity contribution in [2.45, 2.75) is 64.8 Å². The van der Waals surface area contributed by atoms with Crippen LogP contribution in [0.2, 0.25) is 0 Å². The Morgan fingerprint density at radius 3 is 2.59 bits per heavy atom. The molecule has 2 amide bonds. The minimum Gasteiger partial charge on any atom is -0.493 e. The van der Waals surface area contributed by atoms with Gasteiger partial charge in [0.2, 0.25) is 24.4 Å². The number of nitrogens with zero attached hydrogens (tertiary/aromatic N) is 3. The maximum atomic E-state index is 13.6. The van der Waals surface area contributed by atoms with Gasteiger partial charge in [0.1, 0.15) is 0 Å². The maximum absolute atomic E-state index is 13.6. The van der Waals surface area contributed by atoms with Gasteiger partial charge in [0.15, 0.2) is 11.5 Å². The number of fused-ring (bicyclic) bond motifs is 1. The van der Waals surface area contributed by atoms with Gasteiger partial charge in [-0.3, -0.25) is 19.3 Å². The topological polar surface area (TPSA) is 129 Å². The van der Waals surface area contributed by atoms with Crippen molar-refractivity contribution >= 4 is 17.8 Å². The Morgan fingerprint density at radius 1 is 1.20 bits per heavy atom. The van der Waals surface area contributed by atoms with Crippen molar-refractivity contribution in [3.8, 4) is 17.2 Å². The number of carboxylic acid groups (broad SMARTS) is 1. The molecule has 3 aliphatic rings. The summed E-state index contributed by atoms with van der Waals surface area (Å²) in [6.07, 6.45) is 3.19. The minimum atomic E-state index is -0.942. The van der Waals surface area contributed by atoms with Crippen LogP contribution in [0.1, 0.15) is 64.4 Å². The van der Waals surface area contributed by atoms with Gasteiger partial charge in [0, 0.05) is 57.7 Å². The zero-order valence-electron chi connectivity index (χ0n) is 24.8. The molecule has 3 aliphatic heterocycles. The van der Waals surface area contributed by atoms with E-state index in [4.69, 9.17) is 14.2 Å². The van der Waals surface area contributed by atoms with E-state index in [2.05, 4.69) is 20.8 Å². The number of carboxylic acids is 1. The van der Waals surface area contributed by atoms with E-state index >= 15 is 0 Å². The van der Waals surface area contributed by atoms with Crippen LogP contribution < -0.4 is 14.2 Å². The molecule has 228 valence electrons. The molecule has 0 bridgehead atoms. The molecule has 0 aliphatic carbocycles. The number of methoxy groups -OCH3 is 1. The van der Waals surface area contributed by atoms with Crippen LogP contribution in [0, 0.1) is 11.3 Å². The molecule has 3 atom stereocenters. The molecule has 0 saturated carbocycles. The van der Waals surface area contributed by atoms with Crippen molar-refractivity contribution in [1.82, 2.24) is 14.7 Å². The maximum Gasteiger partial charge on any atom is 0.308 e. The second-order valence-corrected chi connectivity index (χ2v) is 12.2. The second kappa shape index (κ2) is 13.3. The molecule has 2 N–H and O–H groups in total. The van der Waals surface area contributed by atoms with E-state index in [0.29, 0.717) is 69.2 Å². The van der Waals surface area contributed by atoms with Crippen LogP contribution in [-0.4, -0.2) is 109 Å². The van der Waals surface area contributed by atoms with Gasteiger partial charge in [-0.1, -0.05) is 27.2 Å². The summed E-state index contributed by atoms with van der Waals surface area (Å²) >= 11 is 0. The average Bonchev–Trinajstić information content (AvgIpc) is 3.61. The monoisotopic (exact) mass is 575 g/mol. The number of carbonyl (C=O) groups is 3. The zero-order valence-corrected chi connectivity index (χ0v) is 24.8. The first-order chi connectivity index (χ1) is 19.6. The third-order valence-electron chi connectivity index (χ3n) is 8.50. The van der Waals surface area contributed by atoms with Crippen molar-refractivity contribution < 1.29 is 38.8 Å². The summed E-state index contributed by atoms with van der Waals surface area (Å²) in [5, 5.41) is 19.9. The number of rotatable bonds is 14. The Bertz CT molecular complexity index is 1100. The van der Waals surface area contributed by atoms with E-state index < -0.39 is 23.8 Å². The van der Waals surface area contributed by atoms with Gasteiger partial charge in [-0.15, -0.1) is 0 Å². The molecule has 3 unspecified atom stereocenters. The quantitative estimate of drug-likeness (QED) is 0.344. The average molecular weight is 576 g/mol. The van der Waals surface area contributed by atoms with Crippen LogP contribution in [0.3, 0.4) is 0 Å². The number of aliphatic hydroxyl groups excluding tert-OH is 1. The van der Waals surface area contributed by atoms with Crippen molar-refractivity contribution in [3.63, 3.8) is 0 Å². The Morgan fingerprint density at radius 2 is 1.95 bits per heavy atom. The fraction of sp³-hybridized carbons (Fsp3) is 0.700. The molecule has 11 nitrogen and oxygen atoms in total. The number of unbranched alkanes of at least 4 members (excludes halogenated alkanes) is 1. The van der Waals surface area contributed by atoms with Gasteiger partial charge in [-0.25, -0.2) is 0 Å². The molecule has 1 aromatic rings. The molecule has 2 fully saturated rings. The molecular formula is C30H45N3O8.